The van der Waals surface area contributed by atoms with Crippen molar-refractivity contribution in [2.24, 2.45) is 0 Å². The fourth-order valence-corrected chi connectivity index (χ4v) is 2.74. The molecular weight excluding hydrogens is 274 g/mol. The van der Waals surface area contributed by atoms with Gasteiger partial charge in [0.2, 0.25) is 0 Å². The summed E-state index contributed by atoms with van der Waals surface area (Å²) < 4.78 is 11.1. The second kappa shape index (κ2) is 7.00. The Bertz CT molecular complexity index is 661. The van der Waals surface area contributed by atoms with E-state index in [9.17, 15) is 5.26 Å². The fraction of sp³-hybridized carbons (Fsp3) is 0.316. The van der Waals surface area contributed by atoms with E-state index in [-0.39, 0.29) is 5.92 Å². The van der Waals surface area contributed by atoms with Crippen molar-refractivity contribution in [2.75, 3.05) is 13.2 Å². The SMILES string of the molecule is N#CC(CCCc1ccccc1)c1ccc2c(c1)OCCO2. The third kappa shape index (κ3) is 3.40. The molecule has 0 bridgehead atoms. The van der Waals surface area contributed by atoms with Gasteiger partial charge in [0.25, 0.3) is 0 Å². The number of rotatable bonds is 5. The molecular formula is C19H19NO2. The molecule has 2 aromatic carbocycles. The zero-order chi connectivity index (χ0) is 15.2. The van der Waals surface area contributed by atoms with Gasteiger partial charge >= 0.3 is 0 Å². The summed E-state index contributed by atoms with van der Waals surface area (Å²) in [4.78, 5) is 0. The van der Waals surface area contributed by atoms with Crippen LogP contribution in [0.5, 0.6) is 11.5 Å². The van der Waals surface area contributed by atoms with E-state index < -0.39 is 0 Å². The van der Waals surface area contributed by atoms with Gasteiger partial charge in [-0.3, -0.25) is 0 Å². The smallest absolute Gasteiger partial charge is 0.161 e. The van der Waals surface area contributed by atoms with Crippen molar-refractivity contribution in [1.29, 1.82) is 5.26 Å². The monoisotopic (exact) mass is 293 g/mol. The van der Waals surface area contributed by atoms with Crippen LogP contribution >= 0.6 is 0 Å². The lowest BCUT2D eigenvalue weighted by atomic mass is 9.93. The van der Waals surface area contributed by atoms with Gasteiger partial charge in [0.1, 0.15) is 13.2 Å². The minimum Gasteiger partial charge on any atom is -0.486 e. The van der Waals surface area contributed by atoms with E-state index in [0.29, 0.717) is 13.2 Å². The highest BCUT2D eigenvalue weighted by Crippen LogP contribution is 2.34. The molecule has 3 heteroatoms. The van der Waals surface area contributed by atoms with E-state index in [1.54, 1.807) is 0 Å². The van der Waals surface area contributed by atoms with Gasteiger partial charge in [-0.2, -0.15) is 5.26 Å². The first-order valence-electron chi connectivity index (χ1n) is 7.70. The molecule has 2 aromatic rings. The predicted octanol–water partition coefficient (Wildman–Crippen LogP) is 4.09. The Kier molecular flexibility index (Phi) is 4.60. The highest BCUT2D eigenvalue weighted by atomic mass is 16.6. The molecule has 0 saturated carbocycles. The molecule has 0 aromatic heterocycles. The molecule has 1 aliphatic heterocycles. The number of nitriles is 1. The summed E-state index contributed by atoms with van der Waals surface area (Å²) in [6.07, 6.45) is 2.85. The Balaban J connectivity index is 1.63. The second-order valence-corrected chi connectivity index (χ2v) is 5.46. The van der Waals surface area contributed by atoms with Gasteiger partial charge in [-0.25, -0.2) is 0 Å². The molecule has 22 heavy (non-hydrogen) atoms. The molecule has 0 amide bonds. The molecule has 3 rings (SSSR count). The molecule has 0 aliphatic carbocycles. The van der Waals surface area contributed by atoms with Crippen LogP contribution in [-0.4, -0.2) is 13.2 Å². The van der Waals surface area contributed by atoms with Crippen molar-refractivity contribution < 1.29 is 9.47 Å². The lowest BCUT2D eigenvalue weighted by Crippen LogP contribution is -2.15. The number of hydrogen-bond acceptors (Lipinski definition) is 3. The summed E-state index contributed by atoms with van der Waals surface area (Å²) in [7, 11) is 0. The van der Waals surface area contributed by atoms with E-state index >= 15 is 0 Å². The van der Waals surface area contributed by atoms with Crippen molar-refractivity contribution in [2.45, 2.75) is 25.2 Å². The minimum absolute atomic E-state index is 0.0976. The van der Waals surface area contributed by atoms with Crippen LogP contribution in [0.2, 0.25) is 0 Å². The van der Waals surface area contributed by atoms with Crippen LogP contribution in [0.4, 0.5) is 0 Å². The fourth-order valence-electron chi connectivity index (χ4n) is 2.74. The highest BCUT2D eigenvalue weighted by molar-refractivity contribution is 5.45. The molecule has 0 spiro atoms. The maximum Gasteiger partial charge on any atom is 0.161 e. The summed E-state index contributed by atoms with van der Waals surface area (Å²) >= 11 is 0. The standard InChI is InChI=1S/C19H19NO2/c20-14-17(8-4-7-15-5-2-1-3-6-15)16-9-10-18-19(13-16)22-12-11-21-18/h1-3,5-6,9-10,13,17H,4,7-8,11-12H2. The number of nitrogens with zero attached hydrogens (tertiary/aromatic N) is 1. The van der Waals surface area contributed by atoms with Gasteiger partial charge in [0.05, 0.1) is 12.0 Å². The van der Waals surface area contributed by atoms with Crippen LogP contribution in [0.1, 0.15) is 29.9 Å². The normalized spacial score (nSPS) is 14.1. The molecule has 0 fully saturated rings. The number of aryl methyl sites for hydroxylation is 1. The molecule has 1 aliphatic rings. The largest absolute Gasteiger partial charge is 0.486 e. The van der Waals surface area contributed by atoms with Gasteiger partial charge in [-0.15, -0.1) is 0 Å². The summed E-state index contributed by atoms with van der Waals surface area (Å²) in [5.74, 6) is 1.43. The number of benzene rings is 2. The second-order valence-electron chi connectivity index (χ2n) is 5.46. The van der Waals surface area contributed by atoms with E-state index in [1.165, 1.54) is 5.56 Å². The number of ether oxygens (including phenoxy) is 2. The maximum atomic E-state index is 9.46. The van der Waals surface area contributed by atoms with Crippen LogP contribution in [0, 0.1) is 11.3 Å². The summed E-state index contributed by atoms with van der Waals surface area (Å²) in [5.41, 5.74) is 2.33. The van der Waals surface area contributed by atoms with Crippen LogP contribution in [0.25, 0.3) is 0 Å². The lowest BCUT2D eigenvalue weighted by Gasteiger charge is -2.20. The van der Waals surface area contributed by atoms with Crippen molar-refractivity contribution in [3.05, 3.63) is 59.7 Å². The zero-order valence-corrected chi connectivity index (χ0v) is 12.5. The van der Waals surface area contributed by atoms with Gasteiger partial charge in [0.15, 0.2) is 11.5 Å². The average Bonchev–Trinajstić information content (AvgIpc) is 2.59. The summed E-state index contributed by atoms with van der Waals surface area (Å²) in [6, 6.07) is 18.6. The molecule has 1 unspecified atom stereocenters. The molecule has 0 N–H and O–H groups in total. The zero-order valence-electron chi connectivity index (χ0n) is 12.5. The highest BCUT2D eigenvalue weighted by Gasteiger charge is 2.16. The average molecular weight is 293 g/mol. The Hall–Kier alpha value is -2.47. The van der Waals surface area contributed by atoms with E-state index in [0.717, 1.165) is 36.3 Å². The summed E-state index contributed by atoms with van der Waals surface area (Å²) in [5, 5.41) is 9.46. The quantitative estimate of drug-likeness (QED) is 0.834. The van der Waals surface area contributed by atoms with E-state index in [2.05, 4.69) is 30.3 Å². The van der Waals surface area contributed by atoms with Gasteiger partial charge in [-0.1, -0.05) is 36.4 Å². The molecule has 3 nitrogen and oxygen atoms in total. The van der Waals surface area contributed by atoms with Crippen molar-refractivity contribution in [3.8, 4) is 17.6 Å². The number of hydrogen-bond donors (Lipinski definition) is 0. The predicted molar refractivity (Wildman–Crippen MR) is 85.2 cm³/mol. The molecule has 1 heterocycles. The van der Waals surface area contributed by atoms with Gasteiger partial charge in [-0.05, 0) is 42.5 Å². The van der Waals surface area contributed by atoms with Gasteiger partial charge < -0.3 is 9.47 Å². The van der Waals surface area contributed by atoms with Gasteiger partial charge in [0, 0.05) is 0 Å². The third-order valence-electron chi connectivity index (χ3n) is 3.93. The molecule has 1 atom stereocenters. The van der Waals surface area contributed by atoms with Crippen molar-refractivity contribution >= 4 is 0 Å². The first-order chi connectivity index (χ1) is 10.9. The van der Waals surface area contributed by atoms with E-state index in [1.807, 2.05) is 24.3 Å². The topological polar surface area (TPSA) is 42.2 Å². The van der Waals surface area contributed by atoms with Crippen LogP contribution in [-0.2, 0) is 6.42 Å². The first kappa shape index (κ1) is 14.5. The van der Waals surface area contributed by atoms with Crippen LogP contribution in [0.3, 0.4) is 0 Å². The Morgan fingerprint density at radius 2 is 1.77 bits per heavy atom. The first-order valence-corrected chi connectivity index (χ1v) is 7.70. The Labute approximate surface area is 131 Å². The number of fused-ring (bicyclic) bond motifs is 1. The Morgan fingerprint density at radius 1 is 1.00 bits per heavy atom. The molecule has 0 radical (unpaired) electrons. The third-order valence-corrected chi connectivity index (χ3v) is 3.93. The van der Waals surface area contributed by atoms with Crippen LogP contribution < -0.4 is 9.47 Å². The van der Waals surface area contributed by atoms with Crippen molar-refractivity contribution in [1.82, 2.24) is 0 Å². The van der Waals surface area contributed by atoms with Crippen LogP contribution in [0.15, 0.2) is 48.5 Å². The molecule has 0 saturated heterocycles. The minimum atomic E-state index is -0.0976. The Morgan fingerprint density at radius 3 is 2.55 bits per heavy atom. The summed E-state index contributed by atoms with van der Waals surface area (Å²) in [6.45, 7) is 1.16. The van der Waals surface area contributed by atoms with E-state index in [4.69, 9.17) is 9.47 Å². The molecule has 112 valence electrons. The maximum absolute atomic E-state index is 9.46. The van der Waals surface area contributed by atoms with Crippen molar-refractivity contribution in [3.63, 3.8) is 0 Å². The lowest BCUT2D eigenvalue weighted by molar-refractivity contribution is 0.171.